The SMILES string of the molecule is Cn1cc(CN2CCC(C(=O)O)C2)cn1. The van der Waals surface area contributed by atoms with Gasteiger partial charge in [0.1, 0.15) is 0 Å². The maximum absolute atomic E-state index is 10.8. The van der Waals surface area contributed by atoms with Gasteiger partial charge in [-0.3, -0.25) is 14.4 Å². The van der Waals surface area contributed by atoms with Gasteiger partial charge in [0.15, 0.2) is 0 Å². The van der Waals surface area contributed by atoms with Crippen molar-refractivity contribution >= 4 is 5.97 Å². The average molecular weight is 209 g/mol. The van der Waals surface area contributed by atoms with Gasteiger partial charge in [0.2, 0.25) is 0 Å². The molecule has 1 aromatic rings. The second-order valence-corrected chi connectivity index (χ2v) is 4.08. The van der Waals surface area contributed by atoms with Crippen LogP contribution in [0.25, 0.3) is 0 Å². The predicted octanol–water partition coefficient (Wildman–Crippen LogP) is 0.327. The minimum atomic E-state index is -0.677. The summed E-state index contributed by atoms with van der Waals surface area (Å²) < 4.78 is 1.76. The van der Waals surface area contributed by atoms with E-state index in [1.807, 2.05) is 19.4 Å². The summed E-state index contributed by atoms with van der Waals surface area (Å²) in [5.41, 5.74) is 1.14. The topological polar surface area (TPSA) is 58.4 Å². The fourth-order valence-electron chi connectivity index (χ4n) is 1.99. The molecule has 1 aliphatic heterocycles. The predicted molar refractivity (Wildman–Crippen MR) is 54.2 cm³/mol. The number of nitrogens with zero attached hydrogens (tertiary/aromatic N) is 3. The molecule has 2 rings (SSSR count). The number of carbonyl (C=O) groups is 1. The summed E-state index contributed by atoms with van der Waals surface area (Å²) in [7, 11) is 1.88. The summed E-state index contributed by atoms with van der Waals surface area (Å²) in [4.78, 5) is 12.9. The zero-order valence-corrected chi connectivity index (χ0v) is 8.76. The molecule has 15 heavy (non-hydrogen) atoms. The number of likely N-dealkylation sites (tertiary alicyclic amines) is 1. The lowest BCUT2D eigenvalue weighted by molar-refractivity contribution is -0.141. The molecule has 0 amide bonds. The van der Waals surface area contributed by atoms with Gasteiger partial charge in [0, 0.05) is 31.9 Å². The molecule has 82 valence electrons. The van der Waals surface area contributed by atoms with E-state index in [9.17, 15) is 4.79 Å². The lowest BCUT2D eigenvalue weighted by Gasteiger charge is -2.13. The zero-order chi connectivity index (χ0) is 10.8. The fourth-order valence-corrected chi connectivity index (χ4v) is 1.99. The molecule has 1 aliphatic rings. The summed E-state index contributed by atoms with van der Waals surface area (Å²) in [6.45, 7) is 2.33. The zero-order valence-electron chi connectivity index (χ0n) is 8.76. The number of carboxylic acid groups (broad SMARTS) is 1. The highest BCUT2D eigenvalue weighted by Gasteiger charge is 2.27. The van der Waals surface area contributed by atoms with Crippen LogP contribution in [0.2, 0.25) is 0 Å². The average Bonchev–Trinajstić information content (AvgIpc) is 2.76. The number of aliphatic carboxylic acids is 1. The smallest absolute Gasteiger partial charge is 0.307 e. The van der Waals surface area contributed by atoms with E-state index in [1.54, 1.807) is 4.68 Å². The molecule has 1 unspecified atom stereocenters. The van der Waals surface area contributed by atoms with E-state index in [-0.39, 0.29) is 5.92 Å². The summed E-state index contributed by atoms with van der Waals surface area (Å²) in [6.07, 6.45) is 4.55. The van der Waals surface area contributed by atoms with Gasteiger partial charge >= 0.3 is 5.97 Å². The van der Waals surface area contributed by atoms with Gasteiger partial charge in [-0.1, -0.05) is 0 Å². The van der Waals surface area contributed by atoms with E-state index in [4.69, 9.17) is 5.11 Å². The molecule has 0 aliphatic carbocycles. The monoisotopic (exact) mass is 209 g/mol. The lowest BCUT2D eigenvalue weighted by atomic mass is 10.1. The van der Waals surface area contributed by atoms with Crippen LogP contribution in [0.4, 0.5) is 0 Å². The first kappa shape index (κ1) is 10.2. The molecule has 5 heteroatoms. The van der Waals surface area contributed by atoms with Gasteiger partial charge in [-0.2, -0.15) is 5.10 Å². The Kier molecular flexibility index (Phi) is 2.73. The molecule has 1 N–H and O–H groups in total. The van der Waals surface area contributed by atoms with E-state index in [2.05, 4.69) is 10.00 Å². The van der Waals surface area contributed by atoms with E-state index in [0.717, 1.165) is 25.1 Å². The van der Waals surface area contributed by atoms with Crippen LogP contribution in [-0.2, 0) is 18.4 Å². The highest BCUT2D eigenvalue weighted by atomic mass is 16.4. The number of aryl methyl sites for hydroxylation is 1. The summed E-state index contributed by atoms with van der Waals surface area (Å²) in [6, 6.07) is 0. The third kappa shape index (κ3) is 2.36. The fraction of sp³-hybridized carbons (Fsp3) is 0.600. The van der Waals surface area contributed by atoms with Crippen LogP contribution in [0, 0.1) is 5.92 Å². The van der Waals surface area contributed by atoms with E-state index in [1.165, 1.54) is 0 Å². The number of aromatic nitrogens is 2. The molecule has 0 bridgehead atoms. The quantitative estimate of drug-likeness (QED) is 0.779. The second kappa shape index (κ2) is 4.02. The molecule has 2 heterocycles. The van der Waals surface area contributed by atoms with Crippen molar-refractivity contribution in [3.8, 4) is 0 Å². The Morgan fingerprint density at radius 2 is 2.53 bits per heavy atom. The van der Waals surface area contributed by atoms with Gasteiger partial charge in [0.25, 0.3) is 0 Å². The molecule has 0 aromatic carbocycles. The largest absolute Gasteiger partial charge is 0.481 e. The first-order valence-electron chi connectivity index (χ1n) is 5.08. The van der Waals surface area contributed by atoms with Gasteiger partial charge in [-0.25, -0.2) is 0 Å². The number of rotatable bonds is 3. The van der Waals surface area contributed by atoms with Crippen molar-refractivity contribution in [2.24, 2.45) is 13.0 Å². The lowest BCUT2D eigenvalue weighted by Crippen LogP contribution is -2.22. The summed E-state index contributed by atoms with van der Waals surface area (Å²) >= 11 is 0. The van der Waals surface area contributed by atoms with Crippen molar-refractivity contribution in [2.75, 3.05) is 13.1 Å². The van der Waals surface area contributed by atoms with Crippen molar-refractivity contribution < 1.29 is 9.90 Å². The molecule has 5 nitrogen and oxygen atoms in total. The Morgan fingerprint density at radius 1 is 1.73 bits per heavy atom. The molecular formula is C10H15N3O2. The third-order valence-electron chi connectivity index (χ3n) is 2.79. The maximum atomic E-state index is 10.8. The van der Waals surface area contributed by atoms with Crippen LogP contribution in [0.3, 0.4) is 0 Å². The highest BCUT2D eigenvalue weighted by molar-refractivity contribution is 5.70. The summed E-state index contributed by atoms with van der Waals surface area (Å²) in [5.74, 6) is -0.870. The van der Waals surface area contributed by atoms with Crippen LogP contribution in [0.15, 0.2) is 12.4 Å². The van der Waals surface area contributed by atoms with Crippen molar-refractivity contribution in [1.29, 1.82) is 0 Å². The van der Waals surface area contributed by atoms with Gasteiger partial charge in [-0.15, -0.1) is 0 Å². The third-order valence-corrected chi connectivity index (χ3v) is 2.79. The number of carboxylic acids is 1. The Balaban J connectivity index is 1.90. The Hall–Kier alpha value is -1.36. The summed E-state index contributed by atoms with van der Waals surface area (Å²) in [5, 5.41) is 12.9. The van der Waals surface area contributed by atoms with Gasteiger partial charge in [-0.05, 0) is 13.0 Å². The Labute approximate surface area is 88.3 Å². The van der Waals surface area contributed by atoms with E-state index < -0.39 is 5.97 Å². The molecule has 0 spiro atoms. The molecule has 0 saturated carbocycles. The van der Waals surface area contributed by atoms with Crippen LogP contribution >= 0.6 is 0 Å². The molecule has 0 radical (unpaired) electrons. The molecular weight excluding hydrogens is 194 g/mol. The molecule has 1 fully saturated rings. The van der Waals surface area contributed by atoms with Gasteiger partial charge in [0.05, 0.1) is 12.1 Å². The van der Waals surface area contributed by atoms with Gasteiger partial charge < -0.3 is 5.11 Å². The van der Waals surface area contributed by atoms with Crippen LogP contribution in [0.1, 0.15) is 12.0 Å². The number of hydrogen-bond acceptors (Lipinski definition) is 3. The molecule has 1 aromatic heterocycles. The molecule has 1 saturated heterocycles. The van der Waals surface area contributed by atoms with Crippen LogP contribution in [0.5, 0.6) is 0 Å². The minimum Gasteiger partial charge on any atom is -0.481 e. The standard InChI is InChI=1S/C10H15N3O2/c1-12-5-8(4-11-12)6-13-3-2-9(7-13)10(14)15/h4-5,9H,2-3,6-7H2,1H3,(H,14,15). The normalized spacial score (nSPS) is 22.1. The van der Waals surface area contributed by atoms with Crippen molar-refractivity contribution in [2.45, 2.75) is 13.0 Å². The minimum absolute atomic E-state index is 0.193. The second-order valence-electron chi connectivity index (χ2n) is 4.08. The van der Waals surface area contributed by atoms with E-state index in [0.29, 0.717) is 6.54 Å². The van der Waals surface area contributed by atoms with Crippen molar-refractivity contribution in [3.63, 3.8) is 0 Å². The van der Waals surface area contributed by atoms with Crippen LogP contribution < -0.4 is 0 Å². The molecule has 1 atom stereocenters. The number of hydrogen-bond donors (Lipinski definition) is 1. The Morgan fingerprint density at radius 3 is 3.07 bits per heavy atom. The van der Waals surface area contributed by atoms with Crippen molar-refractivity contribution in [1.82, 2.24) is 14.7 Å². The van der Waals surface area contributed by atoms with E-state index >= 15 is 0 Å². The Bertz CT molecular complexity index is 361. The highest BCUT2D eigenvalue weighted by Crippen LogP contribution is 2.18. The maximum Gasteiger partial charge on any atom is 0.307 e. The van der Waals surface area contributed by atoms with Crippen molar-refractivity contribution in [3.05, 3.63) is 18.0 Å². The first-order chi connectivity index (χ1) is 7.15. The first-order valence-corrected chi connectivity index (χ1v) is 5.08. The van der Waals surface area contributed by atoms with Crippen LogP contribution in [-0.4, -0.2) is 38.8 Å².